The number of aromatic hydroxyl groups is 1. The van der Waals surface area contributed by atoms with Crippen molar-refractivity contribution < 1.29 is 31.5 Å². The zero-order valence-corrected chi connectivity index (χ0v) is 20.5. The van der Waals surface area contributed by atoms with E-state index in [0.717, 1.165) is 30.1 Å². The molecule has 0 saturated carbocycles. The summed E-state index contributed by atoms with van der Waals surface area (Å²) in [6.07, 6.45) is 2.11. The second-order valence-corrected chi connectivity index (χ2v) is 10.9. The third kappa shape index (κ3) is 5.43. The normalized spacial score (nSPS) is 11.5. The van der Waals surface area contributed by atoms with Gasteiger partial charge in [0.1, 0.15) is 16.7 Å². The minimum atomic E-state index is -4.36. The van der Waals surface area contributed by atoms with E-state index in [0.29, 0.717) is 0 Å². The number of nitriles is 1. The van der Waals surface area contributed by atoms with Gasteiger partial charge in [-0.05, 0) is 24.3 Å². The van der Waals surface area contributed by atoms with Crippen molar-refractivity contribution in [1.29, 1.82) is 5.26 Å². The quantitative estimate of drug-likeness (QED) is 0.325. The SMILES string of the molecule is COC(=O)c1c(N)c(C#N)cn1-c1cc(Cl)c(S(=O)(=O)Nc2cccc(NS(C)(=O)=O)c2)cc1O. The lowest BCUT2D eigenvalue weighted by Gasteiger charge is -2.15. The highest BCUT2D eigenvalue weighted by atomic mass is 35.5. The summed E-state index contributed by atoms with van der Waals surface area (Å²) >= 11 is 6.22. The number of nitrogens with two attached hydrogens (primary N) is 1. The number of carbonyl (C=O) groups excluding carboxylic acids is 1. The second-order valence-electron chi connectivity index (χ2n) is 7.11. The Morgan fingerprint density at radius 3 is 2.37 bits per heavy atom. The van der Waals surface area contributed by atoms with Gasteiger partial charge >= 0.3 is 5.97 Å². The zero-order chi connectivity index (χ0) is 26.1. The van der Waals surface area contributed by atoms with Crippen LogP contribution in [0.1, 0.15) is 16.1 Å². The molecule has 0 saturated heterocycles. The Hall–Kier alpha value is -3.93. The molecular formula is C20H18ClN5O7S2. The van der Waals surface area contributed by atoms with E-state index in [1.54, 1.807) is 6.07 Å². The predicted molar refractivity (Wildman–Crippen MR) is 129 cm³/mol. The van der Waals surface area contributed by atoms with Gasteiger partial charge in [0.15, 0.2) is 5.69 Å². The molecule has 0 bridgehead atoms. The van der Waals surface area contributed by atoms with Gasteiger partial charge in [-0.1, -0.05) is 17.7 Å². The average Bonchev–Trinajstić information content (AvgIpc) is 3.09. The summed E-state index contributed by atoms with van der Waals surface area (Å²) in [6.45, 7) is 0. The number of hydrogen-bond acceptors (Lipinski definition) is 9. The first-order valence-corrected chi connectivity index (χ1v) is 13.2. The van der Waals surface area contributed by atoms with Crippen LogP contribution in [0.4, 0.5) is 17.1 Å². The van der Waals surface area contributed by atoms with E-state index < -0.39 is 36.7 Å². The van der Waals surface area contributed by atoms with E-state index in [1.807, 2.05) is 0 Å². The number of phenolic OH excluding ortho intramolecular Hbond substituents is 1. The van der Waals surface area contributed by atoms with Gasteiger partial charge in [0.25, 0.3) is 10.0 Å². The van der Waals surface area contributed by atoms with Gasteiger partial charge in [0.05, 0.1) is 46.7 Å². The number of methoxy groups -OCH3 is 1. The van der Waals surface area contributed by atoms with Crippen LogP contribution in [0.3, 0.4) is 0 Å². The van der Waals surface area contributed by atoms with Crippen LogP contribution in [0.2, 0.25) is 5.02 Å². The van der Waals surface area contributed by atoms with E-state index >= 15 is 0 Å². The largest absolute Gasteiger partial charge is 0.506 e. The number of rotatable bonds is 7. The first kappa shape index (κ1) is 25.7. The van der Waals surface area contributed by atoms with Crippen LogP contribution < -0.4 is 15.2 Å². The Balaban J connectivity index is 2.05. The van der Waals surface area contributed by atoms with Crippen LogP contribution in [-0.4, -0.2) is 45.8 Å². The number of ether oxygens (including phenoxy) is 1. The van der Waals surface area contributed by atoms with Crippen molar-refractivity contribution in [2.24, 2.45) is 0 Å². The molecule has 5 N–H and O–H groups in total. The lowest BCUT2D eigenvalue weighted by Crippen LogP contribution is -2.15. The smallest absolute Gasteiger partial charge is 0.357 e. The maximum absolute atomic E-state index is 13.0. The van der Waals surface area contributed by atoms with Gasteiger partial charge in [0.2, 0.25) is 10.0 Å². The fourth-order valence-electron chi connectivity index (χ4n) is 3.11. The summed E-state index contributed by atoms with van der Waals surface area (Å²) < 4.78 is 59.0. The number of carbonyl (C=O) groups is 1. The molecule has 3 rings (SSSR count). The van der Waals surface area contributed by atoms with E-state index in [-0.39, 0.29) is 39.0 Å². The standard InChI is InChI=1S/C20H18ClN5O7S2/c1-33-20(28)19-18(23)11(9-22)10-26(19)15-7-14(21)17(8-16(15)27)35(31,32)25-13-5-3-4-12(6-13)24-34(2,29)30/h3-8,10,24-25,27H,23H2,1-2H3. The lowest BCUT2D eigenvalue weighted by molar-refractivity contribution is 0.0593. The molecule has 0 aliphatic heterocycles. The van der Waals surface area contributed by atoms with Gasteiger partial charge < -0.3 is 20.1 Å². The van der Waals surface area contributed by atoms with Crippen molar-refractivity contribution in [3.63, 3.8) is 0 Å². The number of nitrogens with one attached hydrogen (secondary N) is 2. The molecule has 0 aliphatic carbocycles. The molecule has 0 unspecified atom stereocenters. The van der Waals surface area contributed by atoms with Gasteiger partial charge in [0, 0.05) is 12.3 Å². The van der Waals surface area contributed by atoms with Crippen molar-refractivity contribution in [3.8, 4) is 17.5 Å². The molecule has 0 spiro atoms. The van der Waals surface area contributed by atoms with E-state index in [1.165, 1.54) is 30.5 Å². The molecule has 0 aliphatic rings. The third-order valence-corrected chi connectivity index (χ3v) is 6.99. The van der Waals surface area contributed by atoms with Crippen LogP contribution >= 0.6 is 11.6 Å². The summed E-state index contributed by atoms with van der Waals surface area (Å²) in [6, 6.07) is 9.19. The summed E-state index contributed by atoms with van der Waals surface area (Å²) in [7, 11) is -6.86. The molecule has 35 heavy (non-hydrogen) atoms. The van der Waals surface area contributed by atoms with Crippen molar-refractivity contribution in [1.82, 2.24) is 4.57 Å². The second kappa shape index (κ2) is 9.37. The molecular weight excluding hydrogens is 522 g/mol. The van der Waals surface area contributed by atoms with Crippen LogP contribution in [0.5, 0.6) is 5.75 Å². The van der Waals surface area contributed by atoms with Gasteiger partial charge in [-0.2, -0.15) is 5.26 Å². The molecule has 15 heteroatoms. The van der Waals surface area contributed by atoms with Crippen LogP contribution in [0.15, 0.2) is 47.5 Å². The number of hydrogen-bond donors (Lipinski definition) is 4. The van der Waals surface area contributed by atoms with Crippen LogP contribution in [-0.2, 0) is 24.8 Å². The first-order valence-electron chi connectivity index (χ1n) is 9.40. The molecule has 2 aromatic carbocycles. The van der Waals surface area contributed by atoms with Crippen molar-refractivity contribution in [2.75, 3.05) is 28.5 Å². The Bertz CT molecular complexity index is 1590. The maximum atomic E-state index is 13.0. The average molecular weight is 540 g/mol. The summed E-state index contributed by atoms with van der Waals surface area (Å²) in [5.41, 5.74) is 5.30. The minimum absolute atomic E-state index is 0.0168. The molecule has 184 valence electrons. The molecule has 1 heterocycles. The summed E-state index contributed by atoms with van der Waals surface area (Å²) in [5, 5.41) is 19.5. The Morgan fingerprint density at radius 1 is 1.17 bits per heavy atom. The first-order chi connectivity index (χ1) is 16.3. The number of sulfonamides is 2. The fourth-order valence-corrected chi connectivity index (χ4v) is 5.25. The molecule has 0 fully saturated rings. The maximum Gasteiger partial charge on any atom is 0.357 e. The fraction of sp³-hybridized carbons (Fsp3) is 0.100. The van der Waals surface area contributed by atoms with E-state index in [9.17, 15) is 32.0 Å². The number of benzene rings is 2. The number of esters is 1. The van der Waals surface area contributed by atoms with Crippen LogP contribution in [0, 0.1) is 11.3 Å². The van der Waals surface area contributed by atoms with E-state index in [2.05, 4.69) is 14.2 Å². The number of nitrogens with zero attached hydrogens (tertiary/aromatic N) is 2. The van der Waals surface area contributed by atoms with Crippen molar-refractivity contribution >= 4 is 54.7 Å². The number of phenols is 1. The highest BCUT2D eigenvalue weighted by Gasteiger charge is 2.26. The van der Waals surface area contributed by atoms with Crippen LogP contribution in [0.25, 0.3) is 5.69 Å². The van der Waals surface area contributed by atoms with Gasteiger partial charge in [-0.3, -0.25) is 9.44 Å². The van der Waals surface area contributed by atoms with Gasteiger partial charge in [-0.25, -0.2) is 21.6 Å². The minimum Gasteiger partial charge on any atom is -0.506 e. The number of nitrogen functional groups attached to an aromatic ring is 1. The molecule has 3 aromatic rings. The molecule has 1 aromatic heterocycles. The molecule has 12 nitrogen and oxygen atoms in total. The number of anilines is 3. The Kier molecular flexibility index (Phi) is 6.88. The number of halogens is 1. The lowest BCUT2D eigenvalue weighted by atomic mass is 10.2. The predicted octanol–water partition coefficient (Wildman–Crippen LogP) is 2.25. The Morgan fingerprint density at radius 2 is 1.80 bits per heavy atom. The monoisotopic (exact) mass is 539 g/mol. The van der Waals surface area contributed by atoms with Gasteiger partial charge in [-0.15, -0.1) is 0 Å². The number of aromatic nitrogens is 1. The topological polar surface area (TPSA) is 194 Å². The highest BCUT2D eigenvalue weighted by molar-refractivity contribution is 7.93. The Labute approximate surface area is 205 Å². The van der Waals surface area contributed by atoms with Crippen molar-refractivity contribution in [3.05, 3.63) is 58.9 Å². The molecule has 0 radical (unpaired) electrons. The zero-order valence-electron chi connectivity index (χ0n) is 18.1. The highest BCUT2D eigenvalue weighted by Crippen LogP contribution is 2.36. The van der Waals surface area contributed by atoms with Crippen molar-refractivity contribution in [2.45, 2.75) is 4.90 Å². The third-order valence-electron chi connectivity index (χ3n) is 4.54. The molecule has 0 atom stereocenters. The summed E-state index contributed by atoms with van der Waals surface area (Å²) in [4.78, 5) is 11.7. The summed E-state index contributed by atoms with van der Waals surface area (Å²) in [5.74, 6) is -1.51. The van der Waals surface area contributed by atoms with E-state index in [4.69, 9.17) is 17.3 Å². The molecule has 0 amide bonds.